The van der Waals surface area contributed by atoms with Gasteiger partial charge in [0.1, 0.15) is 0 Å². The van der Waals surface area contributed by atoms with E-state index in [4.69, 9.17) is 0 Å². The summed E-state index contributed by atoms with van der Waals surface area (Å²) in [5.41, 5.74) is 3.29. The number of likely N-dealkylation sites (tertiary alicyclic amines) is 1. The Balaban J connectivity index is 1.72. The summed E-state index contributed by atoms with van der Waals surface area (Å²) in [6, 6.07) is 6.06. The average Bonchev–Trinajstić information content (AvgIpc) is 2.80. The van der Waals surface area contributed by atoms with Crippen LogP contribution in [0.4, 0.5) is 0 Å². The van der Waals surface area contributed by atoms with Crippen LogP contribution in [-0.2, 0) is 0 Å². The molecule has 0 unspecified atom stereocenters. The van der Waals surface area contributed by atoms with Gasteiger partial charge in [0.15, 0.2) is 0 Å². The first kappa shape index (κ1) is 13.6. The molecular formula is C17H24N2O. The molecule has 3 nitrogen and oxygen atoms in total. The van der Waals surface area contributed by atoms with Crippen LogP contribution in [0.5, 0.6) is 0 Å². The minimum atomic E-state index is 0.209. The molecule has 2 fully saturated rings. The van der Waals surface area contributed by atoms with Crippen LogP contribution in [0.3, 0.4) is 0 Å². The summed E-state index contributed by atoms with van der Waals surface area (Å²) in [7, 11) is 0. The van der Waals surface area contributed by atoms with Gasteiger partial charge >= 0.3 is 0 Å². The van der Waals surface area contributed by atoms with E-state index < -0.39 is 0 Å². The maximum Gasteiger partial charge on any atom is 0.253 e. The molecule has 1 amide bonds. The first-order chi connectivity index (χ1) is 9.65. The molecule has 2 heterocycles. The number of aryl methyl sites for hydroxylation is 2. The second-order valence-corrected chi connectivity index (χ2v) is 6.35. The van der Waals surface area contributed by atoms with Crippen molar-refractivity contribution in [3.8, 4) is 0 Å². The van der Waals surface area contributed by atoms with Gasteiger partial charge in [0, 0.05) is 18.7 Å². The minimum Gasteiger partial charge on any atom is -0.339 e. The van der Waals surface area contributed by atoms with Crippen molar-refractivity contribution in [3.05, 3.63) is 34.9 Å². The van der Waals surface area contributed by atoms with Gasteiger partial charge in [-0.15, -0.1) is 0 Å². The lowest BCUT2D eigenvalue weighted by Crippen LogP contribution is -2.32. The zero-order valence-corrected chi connectivity index (χ0v) is 12.5. The van der Waals surface area contributed by atoms with E-state index in [1.54, 1.807) is 0 Å². The van der Waals surface area contributed by atoms with Crippen molar-refractivity contribution in [3.63, 3.8) is 0 Å². The highest BCUT2D eigenvalue weighted by Gasteiger charge is 2.31. The molecule has 2 aliphatic rings. The van der Waals surface area contributed by atoms with Crippen molar-refractivity contribution in [1.29, 1.82) is 0 Å². The molecule has 1 aromatic carbocycles. The van der Waals surface area contributed by atoms with Crippen molar-refractivity contribution in [1.82, 2.24) is 10.2 Å². The fourth-order valence-corrected chi connectivity index (χ4v) is 3.48. The van der Waals surface area contributed by atoms with Crippen LogP contribution in [0.1, 0.15) is 34.3 Å². The zero-order valence-electron chi connectivity index (χ0n) is 12.5. The predicted octanol–water partition coefficient (Wildman–Crippen LogP) is 2.38. The van der Waals surface area contributed by atoms with Crippen molar-refractivity contribution < 1.29 is 4.79 Å². The molecule has 2 atom stereocenters. The Morgan fingerprint density at radius 2 is 1.75 bits per heavy atom. The molecular weight excluding hydrogens is 248 g/mol. The molecule has 2 aliphatic heterocycles. The Hall–Kier alpha value is -1.35. The van der Waals surface area contributed by atoms with E-state index in [0.717, 1.165) is 56.4 Å². The van der Waals surface area contributed by atoms with Gasteiger partial charge in [0.05, 0.1) is 0 Å². The maximum atomic E-state index is 12.6. The lowest BCUT2D eigenvalue weighted by molar-refractivity contribution is 0.0758. The smallest absolute Gasteiger partial charge is 0.253 e. The first-order valence-electron chi connectivity index (χ1n) is 7.72. The van der Waals surface area contributed by atoms with Gasteiger partial charge in [-0.1, -0.05) is 6.07 Å². The van der Waals surface area contributed by atoms with Gasteiger partial charge in [-0.3, -0.25) is 4.79 Å². The third-order valence-corrected chi connectivity index (χ3v) is 5.06. The number of fused-ring (bicyclic) bond motifs is 1. The third-order valence-electron chi connectivity index (χ3n) is 5.06. The average molecular weight is 272 g/mol. The summed E-state index contributed by atoms with van der Waals surface area (Å²) in [5, 5.41) is 3.48. The second-order valence-electron chi connectivity index (χ2n) is 6.35. The predicted molar refractivity (Wildman–Crippen MR) is 80.9 cm³/mol. The first-order valence-corrected chi connectivity index (χ1v) is 7.72. The number of nitrogens with one attached hydrogen (secondary N) is 1. The van der Waals surface area contributed by atoms with E-state index in [1.807, 2.05) is 12.1 Å². The molecule has 2 saturated heterocycles. The van der Waals surface area contributed by atoms with Crippen LogP contribution in [0, 0.1) is 25.7 Å². The Labute approximate surface area is 121 Å². The maximum absolute atomic E-state index is 12.6. The Morgan fingerprint density at radius 1 is 1.10 bits per heavy atom. The van der Waals surface area contributed by atoms with E-state index in [2.05, 4.69) is 30.1 Å². The van der Waals surface area contributed by atoms with E-state index in [0.29, 0.717) is 0 Å². The molecule has 0 spiro atoms. The fourth-order valence-electron chi connectivity index (χ4n) is 3.48. The summed E-state index contributed by atoms with van der Waals surface area (Å²) in [6.45, 7) is 8.25. The molecule has 1 aromatic rings. The number of benzene rings is 1. The molecule has 108 valence electrons. The number of amides is 1. The normalized spacial score (nSPS) is 26.2. The Morgan fingerprint density at radius 3 is 2.35 bits per heavy atom. The van der Waals surface area contributed by atoms with E-state index in [1.165, 1.54) is 11.1 Å². The highest BCUT2D eigenvalue weighted by molar-refractivity contribution is 5.94. The number of rotatable bonds is 1. The summed E-state index contributed by atoms with van der Waals surface area (Å²) >= 11 is 0. The van der Waals surface area contributed by atoms with Gasteiger partial charge in [0.25, 0.3) is 5.91 Å². The van der Waals surface area contributed by atoms with E-state index in [9.17, 15) is 4.79 Å². The summed E-state index contributed by atoms with van der Waals surface area (Å²) in [6.07, 6.45) is 2.29. The largest absolute Gasteiger partial charge is 0.339 e. The van der Waals surface area contributed by atoms with Crippen LogP contribution < -0.4 is 5.32 Å². The molecule has 1 N–H and O–H groups in total. The van der Waals surface area contributed by atoms with Gasteiger partial charge in [-0.25, -0.2) is 0 Å². The number of nitrogens with zero attached hydrogens (tertiary/aromatic N) is 1. The molecule has 0 aromatic heterocycles. The summed E-state index contributed by atoms with van der Waals surface area (Å²) < 4.78 is 0. The molecule has 3 rings (SSSR count). The summed E-state index contributed by atoms with van der Waals surface area (Å²) in [5.74, 6) is 1.75. The number of carbonyl (C=O) groups is 1. The van der Waals surface area contributed by atoms with Crippen molar-refractivity contribution >= 4 is 5.91 Å². The molecule has 0 bridgehead atoms. The number of hydrogen-bond donors (Lipinski definition) is 1. The van der Waals surface area contributed by atoms with Crippen LogP contribution in [-0.4, -0.2) is 37.0 Å². The SMILES string of the molecule is Cc1ccc(C(=O)N2CC[C@@H]3CNC[C@@H]3CC2)cc1C. The number of carbonyl (C=O) groups excluding carboxylic acids is 1. The molecule has 0 saturated carbocycles. The number of hydrogen-bond acceptors (Lipinski definition) is 2. The van der Waals surface area contributed by atoms with E-state index in [-0.39, 0.29) is 5.91 Å². The Kier molecular flexibility index (Phi) is 3.79. The van der Waals surface area contributed by atoms with Crippen LogP contribution in [0.2, 0.25) is 0 Å². The molecule has 3 heteroatoms. The molecule has 0 aliphatic carbocycles. The Bertz CT molecular complexity index is 498. The fraction of sp³-hybridized carbons (Fsp3) is 0.588. The van der Waals surface area contributed by atoms with Gasteiger partial charge in [0.2, 0.25) is 0 Å². The van der Waals surface area contributed by atoms with Crippen LogP contribution >= 0.6 is 0 Å². The topological polar surface area (TPSA) is 32.3 Å². The standard InChI is InChI=1S/C17H24N2O/c1-12-3-4-14(9-13(12)2)17(20)19-7-5-15-10-18-11-16(15)6-8-19/h3-4,9,15-16,18H,5-8,10-11H2,1-2H3/t15-,16+. The van der Waals surface area contributed by atoms with Crippen LogP contribution in [0.15, 0.2) is 18.2 Å². The second kappa shape index (κ2) is 5.57. The minimum absolute atomic E-state index is 0.209. The van der Waals surface area contributed by atoms with Gasteiger partial charge in [-0.2, -0.15) is 0 Å². The van der Waals surface area contributed by atoms with E-state index >= 15 is 0 Å². The lowest BCUT2D eigenvalue weighted by Gasteiger charge is -2.21. The van der Waals surface area contributed by atoms with Crippen molar-refractivity contribution in [2.24, 2.45) is 11.8 Å². The monoisotopic (exact) mass is 272 g/mol. The van der Waals surface area contributed by atoms with Crippen LogP contribution in [0.25, 0.3) is 0 Å². The highest BCUT2D eigenvalue weighted by atomic mass is 16.2. The van der Waals surface area contributed by atoms with Crippen molar-refractivity contribution in [2.75, 3.05) is 26.2 Å². The summed E-state index contributed by atoms with van der Waals surface area (Å²) in [4.78, 5) is 14.7. The molecule has 20 heavy (non-hydrogen) atoms. The van der Waals surface area contributed by atoms with Gasteiger partial charge in [-0.05, 0) is 74.9 Å². The molecule has 0 radical (unpaired) electrons. The lowest BCUT2D eigenvalue weighted by atomic mass is 9.92. The zero-order chi connectivity index (χ0) is 14.1. The highest BCUT2D eigenvalue weighted by Crippen LogP contribution is 2.27. The quantitative estimate of drug-likeness (QED) is 0.851. The third kappa shape index (κ3) is 2.59. The van der Waals surface area contributed by atoms with Gasteiger partial charge < -0.3 is 10.2 Å². The van der Waals surface area contributed by atoms with Crippen molar-refractivity contribution in [2.45, 2.75) is 26.7 Å².